The Labute approximate surface area is 181 Å². The number of hydrogen-bond donors (Lipinski definition) is 1. The molecule has 30 heavy (non-hydrogen) atoms. The average Bonchev–Trinajstić information content (AvgIpc) is 3.15. The maximum absolute atomic E-state index is 13.7. The van der Waals surface area contributed by atoms with Gasteiger partial charge in [-0.1, -0.05) is 32.0 Å². The molecular formula is C21H27ClN6O2. The van der Waals surface area contributed by atoms with Gasteiger partial charge in [-0.05, 0) is 12.0 Å². The third-order valence-electron chi connectivity index (χ3n) is 5.27. The normalized spacial score (nSPS) is 16.7. The number of amides is 1. The molecule has 1 fully saturated rings. The van der Waals surface area contributed by atoms with E-state index in [0.29, 0.717) is 42.6 Å². The predicted molar refractivity (Wildman–Crippen MR) is 118 cm³/mol. The van der Waals surface area contributed by atoms with Crippen molar-refractivity contribution < 1.29 is 4.79 Å². The maximum Gasteiger partial charge on any atom is 0.275 e. The van der Waals surface area contributed by atoms with Crippen LogP contribution in [-0.4, -0.2) is 49.8 Å². The number of rotatable bonds is 4. The minimum Gasteiger partial charge on any atom is -0.336 e. The van der Waals surface area contributed by atoms with Gasteiger partial charge in [-0.3, -0.25) is 9.59 Å². The summed E-state index contributed by atoms with van der Waals surface area (Å²) in [6.45, 7) is 6.40. The molecule has 0 saturated carbocycles. The molecule has 1 saturated heterocycles. The van der Waals surface area contributed by atoms with Crippen molar-refractivity contribution >= 4 is 29.1 Å². The van der Waals surface area contributed by atoms with E-state index in [2.05, 4.69) is 15.4 Å². The number of piperazine rings is 1. The summed E-state index contributed by atoms with van der Waals surface area (Å²) < 4.78 is 3.36. The first-order valence-electron chi connectivity index (χ1n) is 9.96. The summed E-state index contributed by atoms with van der Waals surface area (Å²) in [4.78, 5) is 32.8. The molecule has 2 aromatic heterocycles. The summed E-state index contributed by atoms with van der Waals surface area (Å²) in [7, 11) is 1.93. The molecule has 1 aliphatic heterocycles. The van der Waals surface area contributed by atoms with Gasteiger partial charge in [-0.15, -0.1) is 12.4 Å². The number of aromatic nitrogens is 4. The van der Waals surface area contributed by atoms with Crippen molar-refractivity contribution in [3.05, 3.63) is 58.5 Å². The Bertz CT molecular complexity index is 1110. The van der Waals surface area contributed by atoms with Crippen molar-refractivity contribution in [2.24, 2.45) is 13.0 Å². The van der Waals surface area contributed by atoms with E-state index in [1.54, 1.807) is 18.3 Å². The van der Waals surface area contributed by atoms with E-state index in [1.807, 2.05) is 48.7 Å². The van der Waals surface area contributed by atoms with Crippen molar-refractivity contribution in [3.63, 3.8) is 0 Å². The highest BCUT2D eigenvalue weighted by molar-refractivity contribution is 6.05. The summed E-state index contributed by atoms with van der Waals surface area (Å²) in [6.07, 6.45) is 3.62. The van der Waals surface area contributed by atoms with Gasteiger partial charge in [-0.2, -0.15) is 5.10 Å². The van der Waals surface area contributed by atoms with Crippen LogP contribution in [0.15, 0.2) is 41.5 Å². The molecule has 0 aliphatic carbocycles. The third kappa shape index (κ3) is 3.97. The second kappa shape index (κ2) is 8.97. The van der Waals surface area contributed by atoms with E-state index in [-0.39, 0.29) is 35.8 Å². The lowest BCUT2D eigenvalue weighted by Crippen LogP contribution is -2.50. The van der Waals surface area contributed by atoms with Crippen LogP contribution in [0.4, 0.5) is 0 Å². The number of benzene rings is 1. The number of hydrogen-bond acceptors (Lipinski definition) is 5. The minimum atomic E-state index is -0.192. The molecule has 8 nitrogen and oxygen atoms in total. The van der Waals surface area contributed by atoms with Gasteiger partial charge in [0.2, 0.25) is 0 Å². The first-order valence-corrected chi connectivity index (χ1v) is 9.96. The number of aryl methyl sites for hydroxylation is 1. The van der Waals surface area contributed by atoms with Gasteiger partial charge < -0.3 is 14.8 Å². The van der Waals surface area contributed by atoms with E-state index >= 15 is 0 Å². The van der Waals surface area contributed by atoms with Crippen LogP contribution >= 0.6 is 12.4 Å². The topological polar surface area (TPSA) is 85.1 Å². The molecule has 1 aliphatic rings. The Kier molecular flexibility index (Phi) is 6.58. The zero-order valence-corrected chi connectivity index (χ0v) is 18.2. The molecule has 3 aromatic rings. The monoisotopic (exact) mass is 430 g/mol. The number of carbonyl (C=O) groups is 1. The van der Waals surface area contributed by atoms with E-state index < -0.39 is 0 Å². The highest BCUT2D eigenvalue weighted by Crippen LogP contribution is 2.24. The van der Waals surface area contributed by atoms with Crippen LogP contribution in [0.1, 0.15) is 36.2 Å². The van der Waals surface area contributed by atoms with E-state index in [0.717, 1.165) is 5.82 Å². The number of nitrogens with zero attached hydrogens (tertiary/aromatic N) is 5. The molecule has 1 aromatic carbocycles. The van der Waals surface area contributed by atoms with Gasteiger partial charge in [0.1, 0.15) is 11.9 Å². The molecular weight excluding hydrogens is 404 g/mol. The SMILES string of the molecule is CC(C)Cn1nc(C(=O)N2CCNCC2c2nccn2C)c2ccccc2c1=O.Cl. The highest BCUT2D eigenvalue weighted by Gasteiger charge is 2.33. The van der Waals surface area contributed by atoms with E-state index in [1.165, 1.54) is 4.68 Å². The zero-order chi connectivity index (χ0) is 20.5. The molecule has 1 atom stereocenters. The average molecular weight is 431 g/mol. The summed E-state index contributed by atoms with van der Waals surface area (Å²) in [5.74, 6) is 0.891. The molecule has 1 unspecified atom stereocenters. The van der Waals surface area contributed by atoms with Gasteiger partial charge in [0.25, 0.3) is 11.5 Å². The first kappa shape index (κ1) is 22.0. The number of fused-ring (bicyclic) bond motifs is 1. The highest BCUT2D eigenvalue weighted by atomic mass is 35.5. The lowest BCUT2D eigenvalue weighted by Gasteiger charge is -2.35. The summed E-state index contributed by atoms with van der Waals surface area (Å²) >= 11 is 0. The second-order valence-electron chi connectivity index (χ2n) is 7.89. The number of nitrogens with one attached hydrogen (secondary N) is 1. The number of imidazole rings is 1. The third-order valence-corrected chi connectivity index (χ3v) is 5.27. The van der Waals surface area contributed by atoms with E-state index in [4.69, 9.17) is 0 Å². The second-order valence-corrected chi connectivity index (χ2v) is 7.89. The molecule has 1 N–H and O–H groups in total. The number of halogens is 1. The molecule has 9 heteroatoms. The fraction of sp³-hybridized carbons (Fsp3) is 0.429. The standard InChI is InChI=1S/C21H26N6O2.ClH/c1-14(2)13-27-20(28)16-7-5-4-6-15(16)18(24-27)21(29)26-11-8-22-12-17(26)19-23-9-10-25(19)3;/h4-7,9-10,14,17,22H,8,11-13H2,1-3H3;1H. The Balaban J connectivity index is 0.00000256. The van der Waals surface area contributed by atoms with Crippen LogP contribution in [-0.2, 0) is 13.6 Å². The molecule has 160 valence electrons. The molecule has 0 radical (unpaired) electrons. The lowest BCUT2D eigenvalue weighted by atomic mass is 10.1. The zero-order valence-electron chi connectivity index (χ0n) is 17.4. The first-order chi connectivity index (χ1) is 14.0. The molecule has 4 rings (SSSR count). The Morgan fingerprint density at radius 2 is 2.00 bits per heavy atom. The van der Waals surface area contributed by atoms with Gasteiger partial charge in [-0.25, -0.2) is 9.67 Å². The van der Waals surface area contributed by atoms with Crippen molar-refractivity contribution in [3.8, 4) is 0 Å². The Morgan fingerprint density at radius 3 is 2.67 bits per heavy atom. The summed E-state index contributed by atoms with van der Waals surface area (Å²) in [5, 5.41) is 8.99. The quantitative estimate of drug-likeness (QED) is 0.684. The van der Waals surface area contributed by atoms with Crippen molar-refractivity contribution in [2.45, 2.75) is 26.4 Å². The molecule has 0 bridgehead atoms. The molecule has 0 spiro atoms. The van der Waals surface area contributed by atoms with Crippen LogP contribution in [0.25, 0.3) is 10.8 Å². The largest absolute Gasteiger partial charge is 0.336 e. The fourth-order valence-corrected chi connectivity index (χ4v) is 3.88. The van der Waals surface area contributed by atoms with Crippen LogP contribution in [0.3, 0.4) is 0 Å². The minimum absolute atomic E-state index is 0. The van der Waals surface area contributed by atoms with Gasteiger partial charge in [0.05, 0.1) is 5.39 Å². The maximum atomic E-state index is 13.7. The van der Waals surface area contributed by atoms with Crippen molar-refractivity contribution in [1.82, 2.24) is 29.5 Å². The summed E-state index contributed by atoms with van der Waals surface area (Å²) in [5.41, 5.74) is 0.161. The van der Waals surface area contributed by atoms with Gasteiger partial charge in [0, 0.05) is 51.0 Å². The van der Waals surface area contributed by atoms with Gasteiger partial charge >= 0.3 is 0 Å². The van der Waals surface area contributed by atoms with Crippen LogP contribution in [0.2, 0.25) is 0 Å². The van der Waals surface area contributed by atoms with Crippen molar-refractivity contribution in [1.29, 1.82) is 0 Å². The lowest BCUT2D eigenvalue weighted by molar-refractivity contribution is 0.0614. The van der Waals surface area contributed by atoms with Crippen molar-refractivity contribution in [2.75, 3.05) is 19.6 Å². The van der Waals surface area contributed by atoms with Crippen LogP contribution < -0.4 is 10.9 Å². The predicted octanol–water partition coefficient (Wildman–Crippen LogP) is 1.99. The smallest absolute Gasteiger partial charge is 0.275 e. The fourth-order valence-electron chi connectivity index (χ4n) is 3.88. The Hall–Kier alpha value is -2.71. The Morgan fingerprint density at radius 1 is 1.27 bits per heavy atom. The van der Waals surface area contributed by atoms with Gasteiger partial charge in [0.15, 0.2) is 5.69 Å². The molecule has 3 heterocycles. The van der Waals surface area contributed by atoms with E-state index in [9.17, 15) is 9.59 Å². The molecule has 1 amide bonds. The van der Waals surface area contributed by atoms with Crippen LogP contribution in [0.5, 0.6) is 0 Å². The summed E-state index contributed by atoms with van der Waals surface area (Å²) in [6, 6.07) is 7.03. The van der Waals surface area contributed by atoms with Crippen LogP contribution in [0, 0.1) is 5.92 Å². The number of carbonyl (C=O) groups excluding carboxylic acids is 1.